The average Bonchev–Trinajstić information content (AvgIpc) is 2.97. The average molecular weight is 387 g/mol. The van der Waals surface area contributed by atoms with Gasteiger partial charge in [-0.05, 0) is 43.9 Å². The SMILES string of the molecule is Cc1cccc(NC(=O)CN2CCN(CC(=O)N3CCCCCC3)CC2)c1C. The molecule has 0 aromatic heterocycles. The lowest BCUT2D eigenvalue weighted by atomic mass is 10.1. The third-order valence-electron chi connectivity index (χ3n) is 6.03. The van der Waals surface area contributed by atoms with Gasteiger partial charge >= 0.3 is 0 Å². The Hall–Kier alpha value is -1.92. The molecule has 2 heterocycles. The number of nitrogens with one attached hydrogen (secondary N) is 1. The Morgan fingerprint density at radius 2 is 1.46 bits per heavy atom. The Kier molecular flexibility index (Phi) is 7.45. The number of carbonyl (C=O) groups is 2. The highest BCUT2D eigenvalue weighted by atomic mass is 16.2. The van der Waals surface area contributed by atoms with Crippen LogP contribution in [-0.4, -0.2) is 78.9 Å². The van der Waals surface area contributed by atoms with Gasteiger partial charge in [0.1, 0.15) is 0 Å². The maximum Gasteiger partial charge on any atom is 0.238 e. The van der Waals surface area contributed by atoms with Crippen molar-refractivity contribution in [3.05, 3.63) is 29.3 Å². The van der Waals surface area contributed by atoms with Gasteiger partial charge in [0, 0.05) is 45.0 Å². The van der Waals surface area contributed by atoms with Crippen LogP contribution < -0.4 is 5.32 Å². The van der Waals surface area contributed by atoms with E-state index in [1.54, 1.807) is 0 Å². The zero-order chi connectivity index (χ0) is 19.9. The maximum absolute atomic E-state index is 12.5. The molecule has 2 aliphatic heterocycles. The Labute approximate surface area is 168 Å². The molecule has 2 fully saturated rings. The Morgan fingerprint density at radius 3 is 2.11 bits per heavy atom. The predicted molar refractivity (Wildman–Crippen MR) is 112 cm³/mol. The van der Waals surface area contributed by atoms with Gasteiger partial charge < -0.3 is 10.2 Å². The van der Waals surface area contributed by atoms with Crippen LogP contribution in [0.5, 0.6) is 0 Å². The van der Waals surface area contributed by atoms with Gasteiger partial charge in [-0.1, -0.05) is 25.0 Å². The highest BCUT2D eigenvalue weighted by Crippen LogP contribution is 2.18. The Morgan fingerprint density at radius 1 is 0.857 bits per heavy atom. The standard InChI is InChI=1S/C22H34N4O2/c1-18-8-7-9-20(19(18)2)23-21(27)16-24-12-14-25(15-13-24)17-22(28)26-10-5-3-4-6-11-26/h7-9H,3-6,10-17H2,1-2H3,(H,23,27). The van der Waals surface area contributed by atoms with Crippen LogP contribution in [0.2, 0.25) is 0 Å². The molecule has 0 saturated carbocycles. The van der Waals surface area contributed by atoms with E-state index in [1.807, 2.05) is 24.0 Å². The van der Waals surface area contributed by atoms with Crippen molar-refractivity contribution < 1.29 is 9.59 Å². The number of anilines is 1. The summed E-state index contributed by atoms with van der Waals surface area (Å²) in [5.74, 6) is 0.297. The number of carbonyl (C=O) groups excluding carboxylic acids is 2. The van der Waals surface area contributed by atoms with E-state index in [-0.39, 0.29) is 11.8 Å². The van der Waals surface area contributed by atoms with Gasteiger partial charge in [0.15, 0.2) is 0 Å². The predicted octanol–water partition coefficient (Wildman–Crippen LogP) is 2.26. The molecule has 0 spiro atoms. The van der Waals surface area contributed by atoms with Crippen LogP contribution in [0.3, 0.4) is 0 Å². The van der Waals surface area contributed by atoms with Gasteiger partial charge in [0.05, 0.1) is 13.1 Å². The van der Waals surface area contributed by atoms with Crippen LogP contribution in [0.15, 0.2) is 18.2 Å². The summed E-state index contributed by atoms with van der Waals surface area (Å²) in [4.78, 5) is 31.4. The van der Waals surface area contributed by atoms with Gasteiger partial charge in [0.2, 0.25) is 11.8 Å². The van der Waals surface area contributed by atoms with Crippen LogP contribution in [0, 0.1) is 13.8 Å². The molecule has 2 saturated heterocycles. The topological polar surface area (TPSA) is 55.9 Å². The van der Waals surface area contributed by atoms with Crippen molar-refractivity contribution in [1.29, 1.82) is 0 Å². The highest BCUT2D eigenvalue weighted by molar-refractivity contribution is 5.93. The number of hydrogen-bond donors (Lipinski definition) is 1. The van der Waals surface area contributed by atoms with Crippen molar-refractivity contribution in [2.75, 3.05) is 57.7 Å². The first-order valence-electron chi connectivity index (χ1n) is 10.6. The number of nitrogens with zero attached hydrogens (tertiary/aromatic N) is 3. The van der Waals surface area contributed by atoms with Gasteiger partial charge in [0.25, 0.3) is 0 Å². The minimum Gasteiger partial charge on any atom is -0.342 e. The molecular formula is C22H34N4O2. The molecule has 2 aliphatic rings. The van der Waals surface area contributed by atoms with Gasteiger partial charge in [-0.2, -0.15) is 0 Å². The van der Waals surface area contributed by atoms with Crippen molar-refractivity contribution >= 4 is 17.5 Å². The minimum absolute atomic E-state index is 0.0304. The third-order valence-corrected chi connectivity index (χ3v) is 6.03. The van der Waals surface area contributed by atoms with Crippen molar-refractivity contribution in [3.8, 4) is 0 Å². The monoisotopic (exact) mass is 386 g/mol. The van der Waals surface area contributed by atoms with Crippen LogP contribution in [0.4, 0.5) is 5.69 Å². The minimum atomic E-state index is 0.0304. The zero-order valence-electron chi connectivity index (χ0n) is 17.4. The van der Waals surface area contributed by atoms with Crippen LogP contribution in [0.1, 0.15) is 36.8 Å². The highest BCUT2D eigenvalue weighted by Gasteiger charge is 2.23. The fourth-order valence-corrected chi connectivity index (χ4v) is 4.00. The molecule has 1 N–H and O–H groups in total. The number of aryl methyl sites for hydroxylation is 1. The fraction of sp³-hybridized carbons (Fsp3) is 0.636. The van der Waals surface area contributed by atoms with E-state index in [2.05, 4.69) is 28.1 Å². The smallest absolute Gasteiger partial charge is 0.238 e. The summed E-state index contributed by atoms with van der Waals surface area (Å²) >= 11 is 0. The number of likely N-dealkylation sites (tertiary alicyclic amines) is 1. The van der Waals surface area contributed by atoms with Crippen molar-refractivity contribution in [2.45, 2.75) is 39.5 Å². The molecule has 0 bridgehead atoms. The third kappa shape index (κ3) is 5.79. The summed E-state index contributed by atoms with van der Waals surface area (Å²) in [7, 11) is 0. The quantitative estimate of drug-likeness (QED) is 0.843. The lowest BCUT2D eigenvalue weighted by Gasteiger charge is -2.35. The molecule has 1 aromatic carbocycles. The lowest BCUT2D eigenvalue weighted by Crippen LogP contribution is -2.51. The van der Waals surface area contributed by atoms with E-state index in [9.17, 15) is 9.59 Å². The Balaban J connectivity index is 1.40. The summed E-state index contributed by atoms with van der Waals surface area (Å²) in [6, 6.07) is 5.97. The molecule has 0 aliphatic carbocycles. The first-order valence-corrected chi connectivity index (χ1v) is 10.6. The second kappa shape index (κ2) is 10.0. The molecule has 154 valence electrons. The fourth-order valence-electron chi connectivity index (χ4n) is 4.00. The van der Waals surface area contributed by atoms with Gasteiger partial charge in [-0.15, -0.1) is 0 Å². The molecule has 3 rings (SSSR count). The first-order chi connectivity index (χ1) is 13.5. The molecular weight excluding hydrogens is 352 g/mol. The molecule has 1 aromatic rings. The second-order valence-electron chi connectivity index (χ2n) is 8.14. The number of hydrogen-bond acceptors (Lipinski definition) is 4. The first kappa shape index (κ1) is 20.8. The Bertz CT molecular complexity index is 675. The number of piperazine rings is 1. The molecule has 2 amide bonds. The second-order valence-corrected chi connectivity index (χ2v) is 8.14. The summed E-state index contributed by atoms with van der Waals surface area (Å²) in [5.41, 5.74) is 3.19. The van der Waals surface area contributed by atoms with E-state index in [0.29, 0.717) is 13.1 Å². The summed E-state index contributed by atoms with van der Waals surface area (Å²) < 4.78 is 0. The van der Waals surface area contributed by atoms with E-state index in [1.165, 1.54) is 18.4 Å². The summed E-state index contributed by atoms with van der Waals surface area (Å²) in [6.07, 6.45) is 4.75. The zero-order valence-corrected chi connectivity index (χ0v) is 17.4. The van der Waals surface area contributed by atoms with Crippen molar-refractivity contribution in [1.82, 2.24) is 14.7 Å². The molecule has 6 heteroatoms. The van der Waals surface area contributed by atoms with Gasteiger partial charge in [-0.25, -0.2) is 0 Å². The van der Waals surface area contributed by atoms with Crippen LogP contribution in [0.25, 0.3) is 0 Å². The molecule has 6 nitrogen and oxygen atoms in total. The molecule has 0 atom stereocenters. The van der Waals surface area contributed by atoms with Crippen LogP contribution >= 0.6 is 0 Å². The molecule has 0 radical (unpaired) electrons. The number of amides is 2. The molecule has 28 heavy (non-hydrogen) atoms. The van der Waals surface area contributed by atoms with Crippen LogP contribution in [-0.2, 0) is 9.59 Å². The normalized spacial score (nSPS) is 19.3. The van der Waals surface area contributed by atoms with E-state index < -0.39 is 0 Å². The van der Waals surface area contributed by atoms with Crippen molar-refractivity contribution in [3.63, 3.8) is 0 Å². The lowest BCUT2D eigenvalue weighted by molar-refractivity contribution is -0.133. The number of benzene rings is 1. The van der Waals surface area contributed by atoms with E-state index in [4.69, 9.17) is 0 Å². The van der Waals surface area contributed by atoms with E-state index >= 15 is 0 Å². The largest absolute Gasteiger partial charge is 0.342 e. The van der Waals surface area contributed by atoms with Crippen molar-refractivity contribution in [2.24, 2.45) is 0 Å². The van der Waals surface area contributed by atoms with E-state index in [0.717, 1.165) is 63.4 Å². The summed E-state index contributed by atoms with van der Waals surface area (Å²) in [5, 5.41) is 3.04. The summed E-state index contributed by atoms with van der Waals surface area (Å²) in [6.45, 7) is 10.2. The molecule has 0 unspecified atom stereocenters. The maximum atomic E-state index is 12.5. The van der Waals surface area contributed by atoms with Gasteiger partial charge in [-0.3, -0.25) is 19.4 Å². The number of rotatable bonds is 5.